The van der Waals surface area contributed by atoms with Gasteiger partial charge in [0.2, 0.25) is 0 Å². The molecule has 1 nitrogen and oxygen atoms in total. The van der Waals surface area contributed by atoms with Crippen LogP contribution in [0.3, 0.4) is 0 Å². The lowest BCUT2D eigenvalue weighted by atomic mass is 9.82. The quantitative estimate of drug-likeness (QED) is 0.826. The first-order valence-electron chi connectivity index (χ1n) is 7.40. The Bertz CT molecular complexity index is 482. The predicted octanol–water partition coefficient (Wildman–Crippen LogP) is 4.81. The minimum Gasteiger partial charge on any atom is -0.313 e. The van der Waals surface area contributed by atoms with Gasteiger partial charge in [-0.1, -0.05) is 22.4 Å². The van der Waals surface area contributed by atoms with Gasteiger partial charge in [0, 0.05) is 16.1 Å². The molecule has 0 aromatic heterocycles. The fourth-order valence-electron chi connectivity index (χ4n) is 4.23. The Hall–Kier alpha value is -0.480. The molecule has 1 aromatic rings. The largest absolute Gasteiger partial charge is 0.313 e. The monoisotopic (exact) mass is 343 g/mol. The van der Waals surface area contributed by atoms with Crippen LogP contribution in [0.15, 0.2) is 16.6 Å². The number of fused-ring (bicyclic) bond motifs is 2. The minimum atomic E-state index is -0.459. The Morgan fingerprint density at radius 3 is 2.45 bits per heavy atom. The first kappa shape index (κ1) is 14.5. The fourth-order valence-corrected chi connectivity index (χ4v) is 4.64. The van der Waals surface area contributed by atoms with E-state index in [-0.39, 0.29) is 11.6 Å². The van der Waals surface area contributed by atoms with Crippen molar-refractivity contribution in [2.45, 2.75) is 38.1 Å². The lowest BCUT2D eigenvalue weighted by molar-refractivity contribution is 0.279. The van der Waals surface area contributed by atoms with Crippen LogP contribution in [0.5, 0.6) is 0 Å². The fraction of sp³-hybridized carbons (Fsp3) is 0.625. The van der Waals surface area contributed by atoms with Gasteiger partial charge in [0.25, 0.3) is 0 Å². The molecule has 4 heteroatoms. The molecule has 0 radical (unpaired) electrons. The highest BCUT2D eigenvalue weighted by Gasteiger charge is 2.40. The van der Waals surface area contributed by atoms with E-state index < -0.39 is 11.6 Å². The number of nitrogens with one attached hydrogen (secondary N) is 1. The van der Waals surface area contributed by atoms with Crippen molar-refractivity contribution in [3.05, 3.63) is 33.8 Å². The Morgan fingerprint density at radius 1 is 1.25 bits per heavy atom. The first-order valence-corrected chi connectivity index (χ1v) is 8.19. The van der Waals surface area contributed by atoms with E-state index in [1.807, 2.05) is 0 Å². The predicted molar refractivity (Wildman–Crippen MR) is 79.4 cm³/mol. The maximum Gasteiger partial charge on any atom is 0.132 e. The van der Waals surface area contributed by atoms with Gasteiger partial charge in [-0.2, -0.15) is 0 Å². The summed E-state index contributed by atoms with van der Waals surface area (Å²) in [4.78, 5) is 0. The van der Waals surface area contributed by atoms with Crippen LogP contribution < -0.4 is 5.32 Å². The molecule has 0 spiro atoms. The van der Waals surface area contributed by atoms with Crippen LogP contribution in [-0.4, -0.2) is 7.05 Å². The third-order valence-corrected chi connectivity index (χ3v) is 5.62. The van der Waals surface area contributed by atoms with Crippen LogP contribution >= 0.6 is 15.9 Å². The van der Waals surface area contributed by atoms with Gasteiger partial charge in [-0.05, 0) is 62.6 Å². The van der Waals surface area contributed by atoms with Gasteiger partial charge < -0.3 is 5.32 Å². The molecule has 4 unspecified atom stereocenters. The highest BCUT2D eigenvalue weighted by Crippen LogP contribution is 2.51. The van der Waals surface area contributed by atoms with Crippen molar-refractivity contribution >= 4 is 15.9 Å². The zero-order valence-electron chi connectivity index (χ0n) is 11.6. The third kappa shape index (κ3) is 2.64. The van der Waals surface area contributed by atoms with Crippen LogP contribution in [0, 0.1) is 29.4 Å². The van der Waals surface area contributed by atoms with Crippen LogP contribution in [0.1, 0.15) is 43.7 Å². The van der Waals surface area contributed by atoms with E-state index >= 15 is 0 Å². The summed E-state index contributed by atoms with van der Waals surface area (Å²) in [5.74, 6) is 1.34. The Kier molecular flexibility index (Phi) is 4.14. The molecule has 0 aliphatic heterocycles. The molecule has 2 fully saturated rings. The number of rotatable bonds is 4. The van der Waals surface area contributed by atoms with Gasteiger partial charge in [-0.25, -0.2) is 8.78 Å². The van der Waals surface area contributed by atoms with Gasteiger partial charge in [0.05, 0.1) is 0 Å². The molecule has 110 valence electrons. The molecule has 3 rings (SSSR count). The summed E-state index contributed by atoms with van der Waals surface area (Å²) >= 11 is 3.13. The molecule has 1 N–H and O–H groups in total. The average molecular weight is 344 g/mol. The van der Waals surface area contributed by atoms with Gasteiger partial charge in [0.1, 0.15) is 11.6 Å². The van der Waals surface area contributed by atoms with Crippen molar-refractivity contribution in [1.29, 1.82) is 0 Å². The lowest BCUT2D eigenvalue weighted by Crippen LogP contribution is -2.24. The SMILES string of the molecule is CNC(CC1CC2CCC1C2)c1c(F)cc(Br)cc1F. The molecule has 2 aliphatic carbocycles. The standard InChI is InChI=1S/C16H20BrF2N/c1-20-15(6-11-5-9-2-3-10(11)4-9)16-13(18)7-12(17)8-14(16)19/h7-11,15,20H,2-6H2,1H3. The summed E-state index contributed by atoms with van der Waals surface area (Å²) in [5, 5.41) is 3.11. The molecule has 0 heterocycles. The van der Waals surface area contributed by atoms with E-state index in [2.05, 4.69) is 21.2 Å². The van der Waals surface area contributed by atoms with Crippen molar-refractivity contribution in [3.63, 3.8) is 0 Å². The van der Waals surface area contributed by atoms with Gasteiger partial charge in [-0.3, -0.25) is 0 Å². The first-order chi connectivity index (χ1) is 9.58. The summed E-state index contributed by atoms with van der Waals surface area (Å²) in [5.41, 5.74) is 0.193. The molecule has 4 atom stereocenters. The Labute approximate surface area is 127 Å². The van der Waals surface area contributed by atoms with E-state index in [9.17, 15) is 8.78 Å². The van der Waals surface area contributed by atoms with Crippen LogP contribution in [0.25, 0.3) is 0 Å². The number of hydrogen-bond donors (Lipinski definition) is 1. The zero-order valence-corrected chi connectivity index (χ0v) is 13.2. The number of benzene rings is 1. The number of hydrogen-bond acceptors (Lipinski definition) is 1. The van der Waals surface area contributed by atoms with E-state index in [0.29, 0.717) is 10.4 Å². The van der Waals surface area contributed by atoms with Crippen molar-refractivity contribution in [2.75, 3.05) is 7.05 Å². The van der Waals surface area contributed by atoms with Crippen molar-refractivity contribution in [1.82, 2.24) is 5.32 Å². The normalized spacial score (nSPS) is 29.9. The smallest absolute Gasteiger partial charge is 0.132 e. The van der Waals surface area contributed by atoms with Crippen LogP contribution in [0.2, 0.25) is 0 Å². The summed E-state index contributed by atoms with van der Waals surface area (Å²) in [6.07, 6.45) is 6.06. The van der Waals surface area contributed by atoms with E-state index in [0.717, 1.165) is 18.3 Å². The summed E-state index contributed by atoms with van der Waals surface area (Å²) in [6, 6.07) is 2.47. The molecule has 20 heavy (non-hydrogen) atoms. The second-order valence-electron chi connectivity index (χ2n) is 6.30. The summed E-state index contributed by atoms with van der Waals surface area (Å²) in [7, 11) is 1.79. The van der Waals surface area contributed by atoms with Gasteiger partial charge in [0.15, 0.2) is 0 Å². The maximum atomic E-state index is 14.1. The van der Waals surface area contributed by atoms with Crippen molar-refractivity contribution in [2.24, 2.45) is 17.8 Å². The van der Waals surface area contributed by atoms with Crippen molar-refractivity contribution < 1.29 is 8.78 Å². The molecule has 2 bridgehead atoms. The highest BCUT2D eigenvalue weighted by atomic mass is 79.9. The third-order valence-electron chi connectivity index (χ3n) is 5.16. The molecular weight excluding hydrogens is 324 g/mol. The lowest BCUT2D eigenvalue weighted by Gasteiger charge is -2.27. The second-order valence-corrected chi connectivity index (χ2v) is 7.21. The summed E-state index contributed by atoms with van der Waals surface area (Å²) < 4.78 is 28.7. The van der Waals surface area contributed by atoms with E-state index in [1.165, 1.54) is 37.8 Å². The molecule has 2 saturated carbocycles. The topological polar surface area (TPSA) is 12.0 Å². The molecule has 2 aliphatic rings. The molecule has 1 aromatic carbocycles. The van der Waals surface area contributed by atoms with Crippen LogP contribution in [0.4, 0.5) is 8.78 Å². The summed E-state index contributed by atoms with van der Waals surface area (Å²) in [6.45, 7) is 0. The van der Waals surface area contributed by atoms with Crippen LogP contribution in [-0.2, 0) is 0 Å². The maximum absolute atomic E-state index is 14.1. The van der Waals surface area contributed by atoms with E-state index in [4.69, 9.17) is 0 Å². The van der Waals surface area contributed by atoms with Crippen molar-refractivity contribution in [3.8, 4) is 0 Å². The molecule has 0 amide bonds. The second kappa shape index (κ2) is 5.72. The molecular formula is C16H20BrF2N. The average Bonchev–Trinajstić information content (AvgIpc) is 2.98. The highest BCUT2D eigenvalue weighted by molar-refractivity contribution is 9.10. The zero-order chi connectivity index (χ0) is 14.3. The Balaban J connectivity index is 1.80. The van der Waals surface area contributed by atoms with Gasteiger partial charge in [-0.15, -0.1) is 0 Å². The molecule has 0 saturated heterocycles. The number of halogens is 3. The Morgan fingerprint density at radius 2 is 1.95 bits per heavy atom. The minimum absolute atomic E-state index is 0.193. The van der Waals surface area contributed by atoms with Gasteiger partial charge >= 0.3 is 0 Å². The van der Waals surface area contributed by atoms with E-state index in [1.54, 1.807) is 7.05 Å².